The van der Waals surface area contributed by atoms with Crippen LogP contribution in [-0.2, 0) is 13.1 Å². The van der Waals surface area contributed by atoms with Crippen LogP contribution in [0.4, 0.5) is 0 Å². The maximum Gasteiger partial charge on any atom is 0.256 e. The Morgan fingerprint density at radius 2 is 2.00 bits per heavy atom. The second kappa shape index (κ2) is 3.74. The van der Waals surface area contributed by atoms with Crippen molar-refractivity contribution in [3.05, 3.63) is 39.6 Å². The summed E-state index contributed by atoms with van der Waals surface area (Å²) in [4.78, 5) is 27.2. The maximum atomic E-state index is 11.8. The summed E-state index contributed by atoms with van der Waals surface area (Å²) in [5.41, 5.74) is 2.35. The van der Waals surface area contributed by atoms with Crippen molar-refractivity contribution in [1.29, 1.82) is 0 Å². The van der Waals surface area contributed by atoms with Crippen LogP contribution >= 0.6 is 0 Å². The number of nitrogens with zero attached hydrogens (tertiary/aromatic N) is 3. The monoisotopic (exact) mass is 229 g/mol. The zero-order valence-electron chi connectivity index (χ0n) is 9.32. The first-order chi connectivity index (χ1) is 8.24. The summed E-state index contributed by atoms with van der Waals surface area (Å²) in [5, 5.41) is 3.09. The van der Waals surface area contributed by atoms with Crippen molar-refractivity contribution in [3.63, 3.8) is 0 Å². The molecular formula is C11H11N5O. The van der Waals surface area contributed by atoms with Crippen molar-refractivity contribution in [2.24, 2.45) is 0 Å². The third-order valence-corrected chi connectivity index (χ3v) is 2.69. The highest BCUT2D eigenvalue weighted by Gasteiger charge is 2.17. The van der Waals surface area contributed by atoms with Gasteiger partial charge in [-0.25, -0.2) is 15.0 Å². The topological polar surface area (TPSA) is 83.6 Å². The fraction of sp³-hybridized carbons (Fsp3) is 0.273. The Morgan fingerprint density at radius 1 is 1.24 bits per heavy atom. The molecule has 3 rings (SSSR count). The Morgan fingerprint density at radius 3 is 2.76 bits per heavy atom. The molecule has 3 heterocycles. The van der Waals surface area contributed by atoms with E-state index >= 15 is 0 Å². The van der Waals surface area contributed by atoms with Gasteiger partial charge in [0.2, 0.25) is 0 Å². The highest BCUT2D eigenvalue weighted by molar-refractivity contribution is 5.43. The Labute approximate surface area is 97.2 Å². The molecule has 0 atom stereocenters. The quantitative estimate of drug-likeness (QED) is 0.726. The van der Waals surface area contributed by atoms with E-state index in [1.54, 1.807) is 12.4 Å². The lowest BCUT2D eigenvalue weighted by molar-refractivity contribution is 0.756. The first kappa shape index (κ1) is 10.1. The molecule has 0 unspecified atom stereocenters. The van der Waals surface area contributed by atoms with Gasteiger partial charge in [0, 0.05) is 25.5 Å². The van der Waals surface area contributed by atoms with Crippen LogP contribution in [-0.4, -0.2) is 19.9 Å². The lowest BCUT2D eigenvalue weighted by Gasteiger charge is -2.02. The van der Waals surface area contributed by atoms with Gasteiger partial charge in [-0.1, -0.05) is 0 Å². The Balaban J connectivity index is 2.13. The highest BCUT2D eigenvalue weighted by atomic mass is 16.1. The molecule has 1 aliphatic rings. The van der Waals surface area contributed by atoms with Gasteiger partial charge in [-0.3, -0.25) is 4.79 Å². The largest absolute Gasteiger partial charge is 0.307 e. The van der Waals surface area contributed by atoms with E-state index in [4.69, 9.17) is 0 Å². The molecule has 0 spiro atoms. The van der Waals surface area contributed by atoms with Crippen LogP contribution in [0.1, 0.15) is 16.8 Å². The Bertz CT molecular complexity index is 617. The SMILES string of the molecule is Cc1cnc(-c2nc3c(c(=O)[nH]2)CNC3)nc1. The van der Waals surface area contributed by atoms with Gasteiger partial charge in [-0.15, -0.1) is 0 Å². The van der Waals surface area contributed by atoms with Gasteiger partial charge >= 0.3 is 0 Å². The fourth-order valence-corrected chi connectivity index (χ4v) is 1.80. The van der Waals surface area contributed by atoms with E-state index in [9.17, 15) is 4.79 Å². The lowest BCUT2D eigenvalue weighted by Crippen LogP contribution is -2.16. The molecule has 0 fully saturated rings. The van der Waals surface area contributed by atoms with Gasteiger partial charge in [0.1, 0.15) is 0 Å². The van der Waals surface area contributed by atoms with Crippen molar-refractivity contribution in [2.75, 3.05) is 0 Å². The lowest BCUT2D eigenvalue weighted by atomic mass is 10.2. The number of aryl methyl sites for hydroxylation is 1. The zero-order chi connectivity index (χ0) is 11.8. The molecule has 0 aromatic carbocycles. The molecule has 2 aromatic rings. The second-order valence-corrected chi connectivity index (χ2v) is 4.03. The molecule has 0 bridgehead atoms. The minimum atomic E-state index is -0.112. The van der Waals surface area contributed by atoms with Crippen molar-refractivity contribution in [1.82, 2.24) is 25.3 Å². The van der Waals surface area contributed by atoms with E-state index in [0.717, 1.165) is 11.3 Å². The molecule has 1 aliphatic heterocycles. The van der Waals surface area contributed by atoms with Gasteiger partial charge in [-0.2, -0.15) is 0 Å². The first-order valence-corrected chi connectivity index (χ1v) is 5.36. The average molecular weight is 229 g/mol. The van der Waals surface area contributed by atoms with E-state index in [2.05, 4.69) is 25.3 Å². The zero-order valence-corrected chi connectivity index (χ0v) is 9.32. The summed E-state index contributed by atoms with van der Waals surface area (Å²) in [6, 6.07) is 0. The van der Waals surface area contributed by atoms with Gasteiger partial charge < -0.3 is 10.3 Å². The van der Waals surface area contributed by atoms with Crippen LogP contribution in [0.3, 0.4) is 0 Å². The number of hydrogen-bond acceptors (Lipinski definition) is 5. The number of nitrogens with one attached hydrogen (secondary N) is 2. The summed E-state index contributed by atoms with van der Waals surface area (Å²) >= 11 is 0. The molecule has 0 radical (unpaired) electrons. The predicted molar refractivity (Wildman–Crippen MR) is 61.2 cm³/mol. The van der Waals surface area contributed by atoms with Gasteiger partial charge in [0.05, 0.1) is 11.3 Å². The van der Waals surface area contributed by atoms with Crippen LogP contribution in [0.2, 0.25) is 0 Å². The third kappa shape index (κ3) is 1.72. The number of aromatic amines is 1. The molecule has 0 amide bonds. The Kier molecular flexibility index (Phi) is 2.22. The van der Waals surface area contributed by atoms with E-state index in [1.165, 1.54) is 0 Å². The molecule has 2 N–H and O–H groups in total. The second-order valence-electron chi connectivity index (χ2n) is 4.03. The van der Waals surface area contributed by atoms with Crippen molar-refractivity contribution >= 4 is 0 Å². The van der Waals surface area contributed by atoms with E-state index in [0.29, 0.717) is 30.3 Å². The Hall–Kier alpha value is -2.08. The molecule has 0 saturated carbocycles. The number of rotatable bonds is 1. The summed E-state index contributed by atoms with van der Waals surface area (Å²) in [5.74, 6) is 0.875. The summed E-state index contributed by atoms with van der Waals surface area (Å²) in [7, 11) is 0. The fourth-order valence-electron chi connectivity index (χ4n) is 1.80. The molecule has 0 saturated heterocycles. The molecule has 2 aromatic heterocycles. The molecule has 86 valence electrons. The first-order valence-electron chi connectivity index (χ1n) is 5.36. The van der Waals surface area contributed by atoms with Crippen molar-refractivity contribution < 1.29 is 0 Å². The molecular weight excluding hydrogens is 218 g/mol. The average Bonchev–Trinajstić information content (AvgIpc) is 2.78. The van der Waals surface area contributed by atoms with Crippen LogP contribution in [0.15, 0.2) is 17.2 Å². The van der Waals surface area contributed by atoms with Gasteiger partial charge in [0.15, 0.2) is 11.6 Å². The minimum absolute atomic E-state index is 0.112. The van der Waals surface area contributed by atoms with Crippen LogP contribution in [0.5, 0.6) is 0 Å². The summed E-state index contributed by atoms with van der Waals surface area (Å²) in [6.07, 6.45) is 3.40. The van der Waals surface area contributed by atoms with Crippen LogP contribution in [0.25, 0.3) is 11.6 Å². The number of aromatic nitrogens is 4. The maximum absolute atomic E-state index is 11.8. The van der Waals surface area contributed by atoms with Crippen molar-refractivity contribution in [2.45, 2.75) is 20.0 Å². The summed E-state index contributed by atoms with van der Waals surface area (Å²) < 4.78 is 0. The highest BCUT2D eigenvalue weighted by Crippen LogP contribution is 2.12. The number of H-pyrrole nitrogens is 1. The van der Waals surface area contributed by atoms with E-state index in [1.807, 2.05) is 6.92 Å². The van der Waals surface area contributed by atoms with Gasteiger partial charge in [0.25, 0.3) is 5.56 Å². The molecule has 0 aliphatic carbocycles. The summed E-state index contributed by atoms with van der Waals surface area (Å²) in [6.45, 7) is 3.11. The number of hydrogen-bond donors (Lipinski definition) is 2. The van der Waals surface area contributed by atoms with Gasteiger partial charge in [-0.05, 0) is 12.5 Å². The molecule has 17 heavy (non-hydrogen) atoms. The normalized spacial score (nSPS) is 13.7. The van der Waals surface area contributed by atoms with Crippen molar-refractivity contribution in [3.8, 4) is 11.6 Å². The smallest absolute Gasteiger partial charge is 0.256 e. The van der Waals surface area contributed by atoms with Crippen LogP contribution < -0.4 is 10.9 Å². The number of fused-ring (bicyclic) bond motifs is 1. The van der Waals surface area contributed by atoms with E-state index < -0.39 is 0 Å². The minimum Gasteiger partial charge on any atom is -0.307 e. The standard InChI is InChI=1S/C11H11N5O/c1-6-2-13-9(14-3-6)10-15-8-5-12-4-7(8)11(17)16-10/h2-3,12H,4-5H2,1H3,(H,15,16,17). The third-order valence-electron chi connectivity index (χ3n) is 2.69. The van der Waals surface area contributed by atoms with E-state index in [-0.39, 0.29) is 5.56 Å². The molecule has 6 nitrogen and oxygen atoms in total. The van der Waals surface area contributed by atoms with Crippen LogP contribution in [0, 0.1) is 6.92 Å². The predicted octanol–water partition coefficient (Wildman–Crippen LogP) is 0.139. The molecule has 6 heteroatoms.